The fraction of sp³-hybridized carbons (Fsp3) is 0.385. The van der Waals surface area contributed by atoms with Crippen LogP contribution in [0.4, 0.5) is 5.69 Å². The molecular formula is C13H16N2O3. The van der Waals surface area contributed by atoms with Gasteiger partial charge in [-0.3, -0.25) is 4.79 Å². The number of para-hydroxylation sites is 1. The van der Waals surface area contributed by atoms with Crippen molar-refractivity contribution in [2.24, 2.45) is 0 Å². The summed E-state index contributed by atoms with van der Waals surface area (Å²) in [5.41, 5.74) is 2.07. The van der Waals surface area contributed by atoms with Crippen LogP contribution in [0.1, 0.15) is 12.0 Å². The average molecular weight is 248 g/mol. The molecule has 1 heterocycles. The van der Waals surface area contributed by atoms with Crippen molar-refractivity contribution in [3.05, 3.63) is 29.8 Å². The van der Waals surface area contributed by atoms with Crippen LogP contribution in [0.5, 0.6) is 0 Å². The summed E-state index contributed by atoms with van der Waals surface area (Å²) in [6.07, 6.45) is 0.318. The van der Waals surface area contributed by atoms with Crippen LogP contribution in [0, 0.1) is 6.92 Å². The van der Waals surface area contributed by atoms with E-state index in [4.69, 9.17) is 5.11 Å². The van der Waals surface area contributed by atoms with E-state index in [1.54, 1.807) is 0 Å². The molecule has 5 nitrogen and oxygen atoms in total. The van der Waals surface area contributed by atoms with E-state index in [1.165, 1.54) is 0 Å². The Labute approximate surface area is 105 Å². The number of carboxylic acid groups (broad SMARTS) is 1. The second-order valence-electron chi connectivity index (χ2n) is 4.44. The maximum atomic E-state index is 11.5. The minimum atomic E-state index is -0.996. The van der Waals surface area contributed by atoms with Gasteiger partial charge in [-0.05, 0) is 18.6 Å². The molecule has 1 amide bonds. The zero-order valence-corrected chi connectivity index (χ0v) is 10.2. The Morgan fingerprint density at radius 2 is 2.17 bits per heavy atom. The van der Waals surface area contributed by atoms with E-state index in [0.29, 0.717) is 19.5 Å². The lowest BCUT2D eigenvalue weighted by Gasteiger charge is -2.25. The SMILES string of the molecule is Cc1ccccc1N1CCC(=O)NC(C(=O)O)C1. The van der Waals surface area contributed by atoms with E-state index in [0.717, 1.165) is 11.3 Å². The van der Waals surface area contributed by atoms with Crippen molar-refractivity contribution in [3.8, 4) is 0 Å². The lowest BCUT2D eigenvalue weighted by atomic mass is 10.1. The van der Waals surface area contributed by atoms with E-state index in [9.17, 15) is 9.59 Å². The Morgan fingerprint density at radius 1 is 1.44 bits per heavy atom. The van der Waals surface area contributed by atoms with Gasteiger partial charge in [-0.1, -0.05) is 18.2 Å². The average Bonchev–Trinajstić information content (AvgIpc) is 2.52. The topological polar surface area (TPSA) is 69.6 Å². The molecular weight excluding hydrogens is 232 g/mol. The van der Waals surface area contributed by atoms with Crippen LogP contribution in [-0.2, 0) is 9.59 Å². The summed E-state index contributed by atoms with van der Waals surface area (Å²) in [5.74, 6) is -1.21. The predicted molar refractivity (Wildman–Crippen MR) is 67.6 cm³/mol. The molecule has 0 radical (unpaired) electrons. The molecule has 96 valence electrons. The first kappa shape index (κ1) is 12.4. The molecule has 0 aromatic heterocycles. The number of aryl methyl sites for hydroxylation is 1. The lowest BCUT2D eigenvalue weighted by Crippen LogP contribution is -2.45. The van der Waals surface area contributed by atoms with Gasteiger partial charge in [0, 0.05) is 25.2 Å². The number of nitrogens with zero attached hydrogens (tertiary/aromatic N) is 1. The smallest absolute Gasteiger partial charge is 0.328 e. The van der Waals surface area contributed by atoms with Crippen molar-refractivity contribution < 1.29 is 14.7 Å². The van der Waals surface area contributed by atoms with E-state index >= 15 is 0 Å². The van der Waals surface area contributed by atoms with E-state index in [-0.39, 0.29) is 5.91 Å². The number of benzene rings is 1. The predicted octanol–water partition coefficient (Wildman–Crippen LogP) is 0.775. The van der Waals surface area contributed by atoms with E-state index in [2.05, 4.69) is 5.32 Å². The maximum Gasteiger partial charge on any atom is 0.328 e. The molecule has 18 heavy (non-hydrogen) atoms. The third-order valence-electron chi connectivity index (χ3n) is 3.10. The first-order valence-electron chi connectivity index (χ1n) is 5.90. The van der Waals surface area contributed by atoms with Crippen molar-refractivity contribution in [1.82, 2.24) is 5.32 Å². The monoisotopic (exact) mass is 248 g/mol. The standard InChI is InChI=1S/C13H16N2O3/c1-9-4-2-3-5-11(9)15-7-6-12(16)14-10(8-15)13(17)18/h2-5,10H,6-8H2,1H3,(H,14,16)(H,17,18). The summed E-state index contributed by atoms with van der Waals surface area (Å²) < 4.78 is 0. The zero-order chi connectivity index (χ0) is 13.1. The normalized spacial score (nSPS) is 20.2. The molecule has 1 saturated heterocycles. The second-order valence-corrected chi connectivity index (χ2v) is 4.44. The molecule has 1 unspecified atom stereocenters. The number of carboxylic acids is 1. The highest BCUT2D eigenvalue weighted by Crippen LogP contribution is 2.20. The minimum absolute atomic E-state index is 0.210. The van der Waals surface area contributed by atoms with E-state index in [1.807, 2.05) is 36.1 Å². The van der Waals surface area contributed by atoms with Crippen LogP contribution in [0.2, 0.25) is 0 Å². The lowest BCUT2D eigenvalue weighted by molar-refractivity contribution is -0.141. The van der Waals surface area contributed by atoms with Crippen molar-refractivity contribution in [2.75, 3.05) is 18.0 Å². The molecule has 2 N–H and O–H groups in total. The fourth-order valence-electron chi connectivity index (χ4n) is 2.14. The molecule has 1 aliphatic heterocycles. The number of anilines is 1. The molecule has 1 aliphatic rings. The first-order valence-corrected chi connectivity index (χ1v) is 5.90. The quantitative estimate of drug-likeness (QED) is 0.811. The summed E-state index contributed by atoms with van der Waals surface area (Å²) in [6.45, 7) is 2.82. The number of hydrogen-bond acceptors (Lipinski definition) is 3. The number of rotatable bonds is 2. The molecule has 1 atom stereocenters. The Hall–Kier alpha value is -2.04. The molecule has 0 aliphatic carbocycles. The van der Waals surface area contributed by atoms with Crippen LogP contribution in [0.3, 0.4) is 0 Å². The summed E-state index contributed by atoms with van der Waals surface area (Å²) >= 11 is 0. The number of hydrogen-bond donors (Lipinski definition) is 2. The number of aliphatic carboxylic acids is 1. The number of carbonyl (C=O) groups is 2. The molecule has 1 fully saturated rings. The molecule has 5 heteroatoms. The van der Waals surface area contributed by atoms with Gasteiger partial charge in [0.25, 0.3) is 0 Å². The van der Waals surface area contributed by atoms with Gasteiger partial charge in [-0.15, -0.1) is 0 Å². The van der Waals surface area contributed by atoms with Crippen LogP contribution in [-0.4, -0.2) is 36.1 Å². The highest BCUT2D eigenvalue weighted by atomic mass is 16.4. The number of carbonyl (C=O) groups excluding carboxylic acids is 1. The van der Waals surface area contributed by atoms with Crippen molar-refractivity contribution in [1.29, 1.82) is 0 Å². The van der Waals surface area contributed by atoms with Crippen molar-refractivity contribution >= 4 is 17.6 Å². The van der Waals surface area contributed by atoms with Gasteiger partial charge in [0.05, 0.1) is 0 Å². The van der Waals surface area contributed by atoms with Crippen LogP contribution < -0.4 is 10.2 Å². The van der Waals surface area contributed by atoms with Gasteiger partial charge >= 0.3 is 5.97 Å². The molecule has 0 spiro atoms. The third-order valence-corrected chi connectivity index (χ3v) is 3.10. The Kier molecular flexibility index (Phi) is 3.50. The second kappa shape index (κ2) is 5.08. The van der Waals surface area contributed by atoms with E-state index < -0.39 is 12.0 Å². The number of amides is 1. The van der Waals surface area contributed by atoms with Gasteiger partial charge in [-0.2, -0.15) is 0 Å². The fourth-order valence-corrected chi connectivity index (χ4v) is 2.14. The first-order chi connectivity index (χ1) is 8.58. The Morgan fingerprint density at radius 3 is 2.83 bits per heavy atom. The largest absolute Gasteiger partial charge is 0.480 e. The Balaban J connectivity index is 2.25. The number of nitrogens with one attached hydrogen (secondary N) is 1. The summed E-state index contributed by atoms with van der Waals surface area (Å²) in [7, 11) is 0. The summed E-state index contributed by atoms with van der Waals surface area (Å²) in [6, 6.07) is 6.93. The van der Waals surface area contributed by atoms with Gasteiger partial charge in [0.1, 0.15) is 6.04 Å². The van der Waals surface area contributed by atoms with Crippen LogP contribution in [0.25, 0.3) is 0 Å². The minimum Gasteiger partial charge on any atom is -0.480 e. The van der Waals surface area contributed by atoms with Crippen molar-refractivity contribution in [3.63, 3.8) is 0 Å². The zero-order valence-electron chi connectivity index (χ0n) is 10.2. The highest BCUT2D eigenvalue weighted by Gasteiger charge is 2.27. The molecule has 0 bridgehead atoms. The third kappa shape index (κ3) is 2.61. The molecule has 1 aromatic rings. The van der Waals surface area contributed by atoms with Gasteiger partial charge in [-0.25, -0.2) is 4.79 Å². The van der Waals surface area contributed by atoms with Crippen molar-refractivity contribution in [2.45, 2.75) is 19.4 Å². The van der Waals surface area contributed by atoms with Crippen LogP contribution >= 0.6 is 0 Å². The van der Waals surface area contributed by atoms with Gasteiger partial charge in [0.2, 0.25) is 5.91 Å². The maximum absolute atomic E-state index is 11.5. The van der Waals surface area contributed by atoms with Gasteiger partial charge < -0.3 is 15.3 Å². The molecule has 0 saturated carbocycles. The summed E-state index contributed by atoms with van der Waals surface area (Å²) in [4.78, 5) is 24.5. The molecule has 2 rings (SSSR count). The van der Waals surface area contributed by atoms with Gasteiger partial charge in [0.15, 0.2) is 0 Å². The highest BCUT2D eigenvalue weighted by molar-refractivity contribution is 5.85. The Bertz CT molecular complexity index is 473. The van der Waals surface area contributed by atoms with Crippen LogP contribution in [0.15, 0.2) is 24.3 Å². The molecule has 1 aromatic carbocycles. The summed E-state index contributed by atoms with van der Waals surface area (Å²) in [5, 5.41) is 11.6.